The third-order valence-corrected chi connectivity index (χ3v) is 6.11. The van der Waals surface area contributed by atoms with Crippen molar-refractivity contribution in [2.75, 3.05) is 24.6 Å². The molecule has 0 spiro atoms. The lowest BCUT2D eigenvalue weighted by Crippen LogP contribution is -2.32. The topological polar surface area (TPSA) is 62.0 Å². The van der Waals surface area contributed by atoms with Crippen LogP contribution in [0.4, 0.5) is 5.82 Å². The van der Waals surface area contributed by atoms with Crippen molar-refractivity contribution >= 4 is 5.82 Å². The molecule has 5 nitrogen and oxygen atoms in total. The van der Waals surface area contributed by atoms with E-state index < -0.39 is 0 Å². The molecular weight excluding hydrogens is 384 g/mol. The van der Waals surface area contributed by atoms with E-state index in [2.05, 4.69) is 51.7 Å². The van der Waals surface area contributed by atoms with Crippen molar-refractivity contribution in [2.45, 2.75) is 92.4 Å². The second kappa shape index (κ2) is 13.3. The Morgan fingerprint density at radius 1 is 1.23 bits per heavy atom. The molecule has 0 bridgehead atoms. The molecular formula is C26H42N4O. The van der Waals surface area contributed by atoms with Crippen molar-refractivity contribution < 1.29 is 4.74 Å². The molecule has 1 aliphatic rings. The number of hydrogen-bond acceptors (Lipinski definition) is 5. The SMILES string of the molecule is CCCc1c(CC)nc(OC[C@@H]2CCC=C(C)CC2)nc1N(CCC)CC(C)CC#N. The van der Waals surface area contributed by atoms with Gasteiger partial charge in [0.05, 0.1) is 18.4 Å². The fourth-order valence-electron chi connectivity index (χ4n) is 4.37. The fraction of sp³-hybridized carbons (Fsp3) is 0.731. The Hall–Kier alpha value is -2.09. The van der Waals surface area contributed by atoms with Crippen LogP contribution in [0.1, 0.15) is 90.8 Å². The molecule has 0 saturated carbocycles. The highest BCUT2D eigenvalue weighted by molar-refractivity contribution is 5.50. The van der Waals surface area contributed by atoms with Crippen LogP contribution in [0, 0.1) is 23.2 Å². The molecule has 31 heavy (non-hydrogen) atoms. The number of anilines is 1. The molecule has 5 heteroatoms. The maximum absolute atomic E-state index is 9.13. The summed E-state index contributed by atoms with van der Waals surface area (Å²) in [5.74, 6) is 1.88. The van der Waals surface area contributed by atoms with Crippen molar-refractivity contribution in [2.24, 2.45) is 11.8 Å². The van der Waals surface area contributed by atoms with Crippen molar-refractivity contribution in [3.8, 4) is 12.1 Å². The molecule has 0 fully saturated rings. The first-order chi connectivity index (χ1) is 15.0. The molecule has 0 N–H and O–H groups in total. The van der Waals surface area contributed by atoms with Crippen LogP contribution in [0.3, 0.4) is 0 Å². The van der Waals surface area contributed by atoms with Crippen molar-refractivity contribution in [1.29, 1.82) is 5.26 Å². The van der Waals surface area contributed by atoms with E-state index >= 15 is 0 Å². The van der Waals surface area contributed by atoms with Crippen LogP contribution in [0.25, 0.3) is 0 Å². The largest absolute Gasteiger partial charge is 0.463 e. The van der Waals surface area contributed by atoms with Crippen LogP contribution in [0.5, 0.6) is 6.01 Å². The molecule has 0 saturated heterocycles. The number of aryl methyl sites for hydroxylation is 1. The standard InChI is InChI=1S/C26H42N4O/c1-6-10-23-24(8-3)28-26(31-19-22-12-9-11-20(4)13-14-22)29-25(23)30(17-7-2)18-21(5)15-16-27/h11,21-22H,6-10,12-15,17-19H2,1-5H3/t21?,22-/m1/s1. The number of nitrogens with zero attached hydrogens (tertiary/aromatic N) is 4. The number of rotatable bonds is 12. The van der Waals surface area contributed by atoms with Gasteiger partial charge < -0.3 is 9.64 Å². The van der Waals surface area contributed by atoms with E-state index in [0.717, 1.165) is 63.1 Å². The maximum Gasteiger partial charge on any atom is 0.318 e. The van der Waals surface area contributed by atoms with Gasteiger partial charge in [0.2, 0.25) is 0 Å². The molecule has 1 aromatic heterocycles. The summed E-state index contributed by atoms with van der Waals surface area (Å²) in [7, 11) is 0. The van der Waals surface area contributed by atoms with E-state index in [-0.39, 0.29) is 0 Å². The Bertz CT molecular complexity index is 753. The molecule has 1 unspecified atom stereocenters. The van der Waals surface area contributed by atoms with Gasteiger partial charge in [0.15, 0.2) is 0 Å². The number of aromatic nitrogens is 2. The van der Waals surface area contributed by atoms with Gasteiger partial charge in [-0.25, -0.2) is 0 Å². The third-order valence-electron chi connectivity index (χ3n) is 6.11. The maximum atomic E-state index is 9.13. The molecule has 2 atom stereocenters. The monoisotopic (exact) mass is 426 g/mol. The molecule has 172 valence electrons. The molecule has 2 rings (SSSR count). The molecule has 0 amide bonds. The highest BCUT2D eigenvalue weighted by atomic mass is 16.5. The average molecular weight is 427 g/mol. The quantitative estimate of drug-likeness (QED) is 0.368. The van der Waals surface area contributed by atoms with Gasteiger partial charge in [-0.3, -0.25) is 0 Å². The smallest absolute Gasteiger partial charge is 0.318 e. The van der Waals surface area contributed by atoms with Crippen molar-refractivity contribution in [1.82, 2.24) is 9.97 Å². The van der Waals surface area contributed by atoms with Crippen molar-refractivity contribution in [3.63, 3.8) is 0 Å². The summed E-state index contributed by atoms with van der Waals surface area (Å²) < 4.78 is 6.21. The first-order valence-corrected chi connectivity index (χ1v) is 12.3. The molecule has 0 aliphatic heterocycles. The average Bonchev–Trinajstić information content (AvgIpc) is 2.96. The lowest BCUT2D eigenvalue weighted by molar-refractivity contribution is 0.218. The van der Waals surface area contributed by atoms with E-state index in [1.165, 1.54) is 24.0 Å². The Kier molecular flexibility index (Phi) is 10.8. The van der Waals surface area contributed by atoms with Gasteiger partial charge >= 0.3 is 6.01 Å². The summed E-state index contributed by atoms with van der Waals surface area (Å²) in [6.07, 6.45) is 11.5. The van der Waals surface area contributed by atoms with E-state index in [0.29, 0.717) is 30.9 Å². The number of allylic oxidation sites excluding steroid dienone is 2. The molecule has 0 aromatic carbocycles. The highest BCUT2D eigenvalue weighted by Gasteiger charge is 2.21. The minimum absolute atomic E-state index is 0.303. The van der Waals surface area contributed by atoms with Gasteiger partial charge in [-0.05, 0) is 63.7 Å². The van der Waals surface area contributed by atoms with Crippen molar-refractivity contribution in [3.05, 3.63) is 22.9 Å². The minimum Gasteiger partial charge on any atom is -0.463 e. The Morgan fingerprint density at radius 3 is 2.71 bits per heavy atom. The third kappa shape index (κ3) is 7.83. The number of nitriles is 1. The van der Waals surface area contributed by atoms with Gasteiger partial charge in [-0.1, -0.05) is 45.8 Å². The normalized spacial score (nSPS) is 17.4. The fourth-order valence-corrected chi connectivity index (χ4v) is 4.37. The summed E-state index contributed by atoms with van der Waals surface area (Å²) >= 11 is 0. The second-order valence-corrected chi connectivity index (χ2v) is 9.12. The lowest BCUT2D eigenvalue weighted by Gasteiger charge is -2.29. The van der Waals surface area contributed by atoms with Crippen LogP contribution in [0.2, 0.25) is 0 Å². The van der Waals surface area contributed by atoms with E-state index in [1.807, 2.05) is 0 Å². The summed E-state index contributed by atoms with van der Waals surface area (Å²) in [6, 6.07) is 2.84. The number of hydrogen-bond donors (Lipinski definition) is 0. The van der Waals surface area contributed by atoms with E-state index in [4.69, 9.17) is 20.0 Å². The zero-order chi connectivity index (χ0) is 22.6. The minimum atomic E-state index is 0.303. The van der Waals surface area contributed by atoms with Gasteiger partial charge in [-0.15, -0.1) is 0 Å². The predicted molar refractivity (Wildman–Crippen MR) is 129 cm³/mol. The van der Waals surface area contributed by atoms with E-state index in [9.17, 15) is 0 Å². The first-order valence-electron chi connectivity index (χ1n) is 12.3. The Labute approximate surface area is 189 Å². The zero-order valence-corrected chi connectivity index (χ0v) is 20.4. The lowest BCUT2D eigenvalue weighted by atomic mass is 10.0. The van der Waals surface area contributed by atoms with Crippen LogP contribution in [-0.2, 0) is 12.8 Å². The van der Waals surface area contributed by atoms with Crippen LogP contribution < -0.4 is 9.64 Å². The van der Waals surface area contributed by atoms with Gasteiger partial charge in [0, 0.05) is 25.1 Å². The molecule has 0 radical (unpaired) electrons. The van der Waals surface area contributed by atoms with Crippen LogP contribution in [0.15, 0.2) is 11.6 Å². The van der Waals surface area contributed by atoms with Crippen LogP contribution >= 0.6 is 0 Å². The molecule has 1 heterocycles. The Morgan fingerprint density at radius 2 is 2.03 bits per heavy atom. The van der Waals surface area contributed by atoms with Gasteiger partial charge in [0.1, 0.15) is 5.82 Å². The summed E-state index contributed by atoms with van der Waals surface area (Å²) in [4.78, 5) is 12.1. The van der Waals surface area contributed by atoms with E-state index in [1.54, 1.807) is 0 Å². The van der Waals surface area contributed by atoms with Gasteiger partial charge in [0.25, 0.3) is 0 Å². The predicted octanol–water partition coefficient (Wildman–Crippen LogP) is 6.27. The zero-order valence-electron chi connectivity index (χ0n) is 20.4. The molecule has 1 aliphatic carbocycles. The van der Waals surface area contributed by atoms with Crippen LogP contribution in [-0.4, -0.2) is 29.7 Å². The summed E-state index contributed by atoms with van der Waals surface area (Å²) in [5.41, 5.74) is 3.86. The van der Waals surface area contributed by atoms with Gasteiger partial charge in [-0.2, -0.15) is 15.2 Å². The summed E-state index contributed by atoms with van der Waals surface area (Å²) in [6.45, 7) is 13.4. The first kappa shape index (κ1) is 25.2. The molecule has 1 aromatic rings. The second-order valence-electron chi connectivity index (χ2n) is 9.12. The Balaban J connectivity index is 2.27. The highest BCUT2D eigenvalue weighted by Crippen LogP contribution is 2.28. The number of ether oxygens (including phenoxy) is 1. The summed E-state index contributed by atoms with van der Waals surface area (Å²) in [5, 5.41) is 9.13.